The van der Waals surface area contributed by atoms with E-state index in [0.29, 0.717) is 6.54 Å². The summed E-state index contributed by atoms with van der Waals surface area (Å²) in [6.07, 6.45) is -0.543. The molecule has 5 heteroatoms. The van der Waals surface area contributed by atoms with Crippen LogP contribution in [0.25, 0.3) is 0 Å². The Hall–Kier alpha value is -2.53. The second-order valence-electron chi connectivity index (χ2n) is 7.07. The number of morpholine rings is 1. The molecule has 0 aliphatic carbocycles. The Bertz CT molecular complexity index is 747. The fraction of sp³-hybridized carbons (Fsp3) is 0.409. The van der Waals surface area contributed by atoms with E-state index in [9.17, 15) is 4.79 Å². The van der Waals surface area contributed by atoms with Gasteiger partial charge >= 0.3 is 0 Å². The maximum absolute atomic E-state index is 12.3. The molecule has 2 aromatic rings. The highest BCUT2D eigenvalue weighted by Crippen LogP contribution is 2.18. The maximum Gasteiger partial charge on any atom is 0.261 e. The minimum atomic E-state index is -0.543. The lowest BCUT2D eigenvalue weighted by molar-refractivity contribution is -0.127. The fourth-order valence-electron chi connectivity index (χ4n) is 3.24. The van der Waals surface area contributed by atoms with E-state index in [2.05, 4.69) is 40.5 Å². The monoisotopic (exact) mass is 368 g/mol. The molecular formula is C22H28N2O3. The van der Waals surface area contributed by atoms with E-state index in [0.717, 1.165) is 48.7 Å². The first-order valence-corrected chi connectivity index (χ1v) is 9.45. The zero-order chi connectivity index (χ0) is 19.2. The average Bonchev–Trinajstić information content (AvgIpc) is 2.66. The molecule has 27 heavy (non-hydrogen) atoms. The van der Waals surface area contributed by atoms with Crippen molar-refractivity contribution in [2.75, 3.05) is 31.2 Å². The van der Waals surface area contributed by atoms with Crippen LogP contribution >= 0.6 is 0 Å². The number of ether oxygens (including phenoxy) is 2. The van der Waals surface area contributed by atoms with Gasteiger partial charge in [0, 0.05) is 25.3 Å². The van der Waals surface area contributed by atoms with Gasteiger partial charge in [-0.15, -0.1) is 0 Å². The van der Waals surface area contributed by atoms with E-state index >= 15 is 0 Å². The molecule has 0 unspecified atom stereocenters. The lowest BCUT2D eigenvalue weighted by Gasteiger charge is -2.28. The molecule has 0 saturated carbocycles. The average molecular weight is 368 g/mol. The molecule has 0 spiro atoms. The number of carbonyl (C=O) groups is 1. The summed E-state index contributed by atoms with van der Waals surface area (Å²) in [5, 5.41) is 2.95. The van der Waals surface area contributed by atoms with Crippen LogP contribution in [0.4, 0.5) is 5.69 Å². The molecule has 1 aliphatic heterocycles. The van der Waals surface area contributed by atoms with Crippen LogP contribution in [0.1, 0.15) is 23.6 Å². The molecule has 1 N–H and O–H groups in total. The Morgan fingerprint density at radius 1 is 1.11 bits per heavy atom. The topological polar surface area (TPSA) is 50.8 Å². The summed E-state index contributed by atoms with van der Waals surface area (Å²) in [6.45, 7) is 9.69. The van der Waals surface area contributed by atoms with Crippen LogP contribution < -0.4 is 15.0 Å². The van der Waals surface area contributed by atoms with Gasteiger partial charge in [0.2, 0.25) is 0 Å². The molecule has 1 saturated heterocycles. The van der Waals surface area contributed by atoms with Crippen molar-refractivity contribution >= 4 is 11.6 Å². The van der Waals surface area contributed by atoms with Crippen LogP contribution in [0.15, 0.2) is 42.5 Å². The third kappa shape index (κ3) is 5.47. The number of hydrogen-bond acceptors (Lipinski definition) is 4. The summed E-state index contributed by atoms with van der Waals surface area (Å²) >= 11 is 0. The van der Waals surface area contributed by atoms with Crippen LogP contribution in [0, 0.1) is 13.8 Å². The van der Waals surface area contributed by atoms with Crippen molar-refractivity contribution in [3.63, 3.8) is 0 Å². The number of hydrogen-bond donors (Lipinski definition) is 1. The standard InChI is InChI=1S/C22H28N2O3/c1-16-12-17(2)14-21(13-16)27-18(3)22(25)23-15-19-4-6-20(7-5-19)24-8-10-26-11-9-24/h4-7,12-14,18H,8-11,15H2,1-3H3,(H,23,25)/t18-/m1/s1. The summed E-state index contributed by atoms with van der Waals surface area (Å²) in [5.74, 6) is 0.608. The molecule has 1 fully saturated rings. The van der Waals surface area contributed by atoms with E-state index in [1.54, 1.807) is 6.92 Å². The van der Waals surface area contributed by atoms with Gasteiger partial charge in [0.15, 0.2) is 6.10 Å². The summed E-state index contributed by atoms with van der Waals surface area (Å²) in [7, 11) is 0. The zero-order valence-corrected chi connectivity index (χ0v) is 16.3. The molecular weight excluding hydrogens is 340 g/mol. The largest absolute Gasteiger partial charge is 0.481 e. The van der Waals surface area contributed by atoms with E-state index in [-0.39, 0.29) is 5.91 Å². The van der Waals surface area contributed by atoms with Gasteiger partial charge < -0.3 is 19.7 Å². The third-order valence-electron chi connectivity index (χ3n) is 4.66. The van der Waals surface area contributed by atoms with Crippen molar-refractivity contribution in [2.45, 2.75) is 33.4 Å². The SMILES string of the molecule is Cc1cc(C)cc(O[C@H](C)C(=O)NCc2ccc(N3CCOCC3)cc2)c1. The lowest BCUT2D eigenvalue weighted by atomic mass is 10.1. The molecule has 1 amide bonds. The van der Waals surface area contributed by atoms with Crippen molar-refractivity contribution in [3.05, 3.63) is 59.2 Å². The van der Waals surface area contributed by atoms with Crippen LogP contribution in [-0.2, 0) is 16.1 Å². The predicted octanol–water partition coefficient (Wildman–Crippen LogP) is 3.22. The Labute approximate surface area is 161 Å². The normalized spacial score (nSPS) is 15.3. The van der Waals surface area contributed by atoms with Crippen LogP contribution in [0.2, 0.25) is 0 Å². The number of rotatable bonds is 6. The van der Waals surface area contributed by atoms with Gasteiger partial charge in [0.05, 0.1) is 13.2 Å². The Morgan fingerprint density at radius 3 is 2.37 bits per heavy atom. The zero-order valence-electron chi connectivity index (χ0n) is 16.3. The Kier molecular flexibility index (Phi) is 6.35. The number of nitrogens with zero attached hydrogens (tertiary/aromatic N) is 1. The van der Waals surface area contributed by atoms with Crippen molar-refractivity contribution in [1.82, 2.24) is 5.32 Å². The van der Waals surface area contributed by atoms with Gasteiger partial charge in [-0.3, -0.25) is 4.79 Å². The molecule has 1 heterocycles. The molecule has 5 nitrogen and oxygen atoms in total. The number of nitrogens with one attached hydrogen (secondary N) is 1. The second kappa shape index (κ2) is 8.91. The molecule has 2 aromatic carbocycles. The Balaban J connectivity index is 1.50. The highest BCUT2D eigenvalue weighted by molar-refractivity contribution is 5.80. The molecule has 3 rings (SSSR count). The van der Waals surface area contributed by atoms with Crippen LogP contribution in [0.5, 0.6) is 5.75 Å². The number of benzene rings is 2. The quantitative estimate of drug-likeness (QED) is 0.851. The molecule has 1 aliphatic rings. The van der Waals surface area contributed by atoms with Crippen molar-refractivity contribution in [1.29, 1.82) is 0 Å². The highest BCUT2D eigenvalue weighted by Gasteiger charge is 2.15. The smallest absolute Gasteiger partial charge is 0.261 e. The van der Waals surface area contributed by atoms with E-state index < -0.39 is 6.10 Å². The molecule has 0 radical (unpaired) electrons. The number of amides is 1. The van der Waals surface area contributed by atoms with E-state index in [1.165, 1.54) is 5.69 Å². The minimum Gasteiger partial charge on any atom is -0.481 e. The summed E-state index contributed by atoms with van der Waals surface area (Å²) in [5.41, 5.74) is 4.51. The van der Waals surface area contributed by atoms with Crippen LogP contribution in [0.3, 0.4) is 0 Å². The predicted molar refractivity (Wildman–Crippen MR) is 107 cm³/mol. The van der Waals surface area contributed by atoms with Gasteiger partial charge in [-0.25, -0.2) is 0 Å². The van der Waals surface area contributed by atoms with Crippen molar-refractivity contribution in [2.24, 2.45) is 0 Å². The maximum atomic E-state index is 12.3. The summed E-state index contributed by atoms with van der Waals surface area (Å²) in [4.78, 5) is 14.7. The molecule has 1 atom stereocenters. The van der Waals surface area contributed by atoms with Crippen LogP contribution in [-0.4, -0.2) is 38.3 Å². The minimum absolute atomic E-state index is 0.119. The van der Waals surface area contributed by atoms with Crippen molar-refractivity contribution in [3.8, 4) is 5.75 Å². The van der Waals surface area contributed by atoms with E-state index in [1.807, 2.05) is 26.0 Å². The lowest BCUT2D eigenvalue weighted by Crippen LogP contribution is -2.36. The van der Waals surface area contributed by atoms with Gasteiger partial charge in [0.25, 0.3) is 5.91 Å². The molecule has 0 aromatic heterocycles. The first-order chi connectivity index (χ1) is 13.0. The third-order valence-corrected chi connectivity index (χ3v) is 4.66. The second-order valence-corrected chi connectivity index (χ2v) is 7.07. The molecule has 0 bridgehead atoms. The van der Waals surface area contributed by atoms with E-state index in [4.69, 9.17) is 9.47 Å². The Morgan fingerprint density at radius 2 is 1.74 bits per heavy atom. The number of anilines is 1. The van der Waals surface area contributed by atoms with Crippen molar-refractivity contribution < 1.29 is 14.3 Å². The van der Waals surface area contributed by atoms with Gasteiger partial charge in [-0.05, 0) is 61.7 Å². The van der Waals surface area contributed by atoms with Gasteiger partial charge in [-0.1, -0.05) is 18.2 Å². The van der Waals surface area contributed by atoms with Gasteiger partial charge in [0.1, 0.15) is 5.75 Å². The number of aryl methyl sites for hydroxylation is 2. The highest BCUT2D eigenvalue weighted by atomic mass is 16.5. The summed E-state index contributed by atoms with van der Waals surface area (Å²) < 4.78 is 11.2. The first-order valence-electron chi connectivity index (χ1n) is 9.45. The van der Waals surface area contributed by atoms with Gasteiger partial charge in [-0.2, -0.15) is 0 Å². The fourth-order valence-corrected chi connectivity index (χ4v) is 3.24. The summed E-state index contributed by atoms with van der Waals surface area (Å²) in [6, 6.07) is 14.3. The molecule has 144 valence electrons. The first kappa shape index (κ1) is 19.2. The number of carbonyl (C=O) groups excluding carboxylic acids is 1.